The molecule has 2 saturated heterocycles. The number of imide groups is 1. The largest absolute Gasteiger partial charge is 0.439 e. The Kier molecular flexibility index (Phi) is 3.21. The highest BCUT2D eigenvalue weighted by atomic mass is 79.9. The van der Waals surface area contributed by atoms with Gasteiger partial charge < -0.3 is 9.64 Å². The lowest BCUT2D eigenvalue weighted by Crippen LogP contribution is -2.62. The lowest BCUT2D eigenvalue weighted by Gasteiger charge is -2.41. The molecule has 7 heteroatoms. The van der Waals surface area contributed by atoms with E-state index in [9.17, 15) is 14.4 Å². The summed E-state index contributed by atoms with van der Waals surface area (Å²) >= 11 is 3.32. The smallest absolute Gasteiger partial charge is 0.417 e. The van der Waals surface area contributed by atoms with Crippen LogP contribution in [0.25, 0.3) is 0 Å². The Labute approximate surface area is 123 Å². The molecular formula is C13H11BrN2O4. The van der Waals surface area contributed by atoms with Crippen molar-refractivity contribution in [2.75, 3.05) is 19.7 Å². The fourth-order valence-electron chi connectivity index (χ4n) is 2.31. The normalized spacial score (nSPS) is 19.1. The molecule has 2 aliphatic heterocycles. The number of benzene rings is 1. The van der Waals surface area contributed by atoms with E-state index in [4.69, 9.17) is 0 Å². The van der Waals surface area contributed by atoms with Crippen molar-refractivity contribution in [2.24, 2.45) is 0 Å². The molecule has 0 aromatic heterocycles. The van der Waals surface area contributed by atoms with Crippen LogP contribution in [-0.4, -0.2) is 53.4 Å². The second kappa shape index (κ2) is 4.90. The quantitative estimate of drug-likeness (QED) is 0.814. The zero-order valence-corrected chi connectivity index (χ0v) is 12.0. The lowest BCUT2D eigenvalue weighted by molar-refractivity contribution is -0.129. The number of ether oxygens (including phenoxy) is 1. The Balaban J connectivity index is 1.64. The van der Waals surface area contributed by atoms with Gasteiger partial charge in [0.15, 0.2) is 6.61 Å². The van der Waals surface area contributed by atoms with Crippen LogP contribution in [0.4, 0.5) is 4.79 Å². The number of hydrogen-bond acceptors (Lipinski definition) is 4. The van der Waals surface area contributed by atoms with E-state index in [1.807, 2.05) is 6.07 Å². The minimum Gasteiger partial charge on any atom is -0.439 e. The van der Waals surface area contributed by atoms with Gasteiger partial charge in [-0.2, -0.15) is 0 Å². The summed E-state index contributed by atoms with van der Waals surface area (Å²) in [5, 5.41) is 0. The molecule has 3 rings (SSSR count). The Bertz CT molecular complexity index is 582. The molecule has 1 aromatic carbocycles. The van der Waals surface area contributed by atoms with Gasteiger partial charge in [0.05, 0.1) is 6.04 Å². The average Bonchev–Trinajstić information content (AvgIpc) is 2.69. The van der Waals surface area contributed by atoms with Gasteiger partial charge in [-0.1, -0.05) is 22.0 Å². The Hall–Kier alpha value is -1.89. The van der Waals surface area contributed by atoms with Gasteiger partial charge in [0.2, 0.25) is 0 Å². The van der Waals surface area contributed by atoms with Crippen LogP contribution in [0.15, 0.2) is 28.7 Å². The Morgan fingerprint density at radius 2 is 2.05 bits per heavy atom. The van der Waals surface area contributed by atoms with Gasteiger partial charge in [0.1, 0.15) is 0 Å². The summed E-state index contributed by atoms with van der Waals surface area (Å²) in [4.78, 5) is 37.8. The molecule has 20 heavy (non-hydrogen) atoms. The Morgan fingerprint density at radius 1 is 1.30 bits per heavy atom. The first-order valence-electron chi connectivity index (χ1n) is 6.10. The molecule has 0 saturated carbocycles. The van der Waals surface area contributed by atoms with E-state index in [0.717, 1.165) is 9.37 Å². The zero-order chi connectivity index (χ0) is 14.3. The van der Waals surface area contributed by atoms with Crippen molar-refractivity contribution in [3.8, 4) is 0 Å². The third-order valence-corrected chi connectivity index (χ3v) is 3.86. The number of carbonyl (C=O) groups is 3. The van der Waals surface area contributed by atoms with Crippen LogP contribution >= 0.6 is 15.9 Å². The van der Waals surface area contributed by atoms with Gasteiger partial charge >= 0.3 is 6.09 Å². The minimum absolute atomic E-state index is 0.109. The van der Waals surface area contributed by atoms with Crippen LogP contribution in [-0.2, 0) is 9.53 Å². The van der Waals surface area contributed by atoms with Crippen molar-refractivity contribution < 1.29 is 19.1 Å². The molecular weight excluding hydrogens is 328 g/mol. The van der Waals surface area contributed by atoms with Crippen LogP contribution in [0.5, 0.6) is 0 Å². The van der Waals surface area contributed by atoms with Crippen LogP contribution in [0, 0.1) is 0 Å². The summed E-state index contributed by atoms with van der Waals surface area (Å²) in [6.07, 6.45) is -0.616. The van der Waals surface area contributed by atoms with E-state index in [2.05, 4.69) is 20.7 Å². The molecule has 0 aliphatic carbocycles. The van der Waals surface area contributed by atoms with E-state index >= 15 is 0 Å². The summed E-state index contributed by atoms with van der Waals surface area (Å²) in [6, 6.07) is 6.83. The molecule has 2 fully saturated rings. The summed E-state index contributed by atoms with van der Waals surface area (Å²) in [5.41, 5.74) is 0.577. The van der Waals surface area contributed by atoms with E-state index in [-0.39, 0.29) is 24.5 Å². The number of amides is 3. The molecule has 0 bridgehead atoms. The van der Waals surface area contributed by atoms with Gasteiger partial charge in [-0.25, -0.2) is 9.69 Å². The molecule has 2 heterocycles. The standard InChI is InChI=1S/C13H11BrN2O4/c14-9-3-1-2-8(4-9)12(18)15-5-10(6-15)16-11(17)7-20-13(16)19/h1-4,10H,5-7H2. The maximum Gasteiger partial charge on any atom is 0.417 e. The highest BCUT2D eigenvalue weighted by Crippen LogP contribution is 2.22. The monoisotopic (exact) mass is 338 g/mol. The predicted molar refractivity (Wildman–Crippen MR) is 72.0 cm³/mol. The summed E-state index contributed by atoms with van der Waals surface area (Å²) < 4.78 is 5.49. The number of cyclic esters (lactones) is 1. The van der Waals surface area contributed by atoms with E-state index in [1.54, 1.807) is 23.1 Å². The molecule has 2 aliphatic rings. The van der Waals surface area contributed by atoms with E-state index < -0.39 is 6.09 Å². The number of nitrogens with zero attached hydrogens (tertiary/aromatic N) is 2. The first kappa shape index (κ1) is 13.1. The SMILES string of the molecule is O=C(c1cccc(Br)c1)N1CC(N2C(=O)COC2=O)C1. The van der Waals surface area contributed by atoms with Crippen LogP contribution in [0.2, 0.25) is 0 Å². The van der Waals surface area contributed by atoms with Crippen molar-refractivity contribution in [3.63, 3.8) is 0 Å². The van der Waals surface area contributed by atoms with Crippen molar-refractivity contribution in [3.05, 3.63) is 34.3 Å². The fourth-order valence-corrected chi connectivity index (χ4v) is 2.70. The van der Waals surface area contributed by atoms with Gasteiger partial charge in [0.25, 0.3) is 11.8 Å². The van der Waals surface area contributed by atoms with Crippen molar-refractivity contribution in [1.82, 2.24) is 9.80 Å². The van der Waals surface area contributed by atoms with Gasteiger partial charge in [0, 0.05) is 23.1 Å². The molecule has 0 spiro atoms. The second-order valence-corrected chi connectivity index (χ2v) is 5.61. The van der Waals surface area contributed by atoms with Crippen molar-refractivity contribution >= 4 is 33.8 Å². The lowest BCUT2D eigenvalue weighted by atomic mass is 10.1. The molecule has 0 unspecified atom stereocenters. The number of rotatable bonds is 2. The highest BCUT2D eigenvalue weighted by Gasteiger charge is 2.44. The molecule has 0 radical (unpaired) electrons. The Morgan fingerprint density at radius 3 is 2.65 bits per heavy atom. The molecule has 0 N–H and O–H groups in total. The molecule has 1 aromatic rings. The summed E-state index contributed by atoms with van der Waals surface area (Å²) in [7, 11) is 0. The maximum absolute atomic E-state index is 12.2. The van der Waals surface area contributed by atoms with Gasteiger partial charge in [-0.15, -0.1) is 0 Å². The molecule has 104 valence electrons. The van der Waals surface area contributed by atoms with Crippen molar-refractivity contribution in [1.29, 1.82) is 0 Å². The average molecular weight is 339 g/mol. The maximum atomic E-state index is 12.2. The fraction of sp³-hybridized carbons (Fsp3) is 0.308. The van der Waals surface area contributed by atoms with Crippen LogP contribution in [0.1, 0.15) is 10.4 Å². The number of carbonyl (C=O) groups excluding carboxylic acids is 3. The molecule has 3 amide bonds. The topological polar surface area (TPSA) is 66.9 Å². The number of halogens is 1. The van der Waals surface area contributed by atoms with Gasteiger partial charge in [-0.05, 0) is 18.2 Å². The van der Waals surface area contributed by atoms with E-state index in [0.29, 0.717) is 18.7 Å². The third kappa shape index (κ3) is 2.18. The summed E-state index contributed by atoms with van der Waals surface area (Å²) in [6.45, 7) is 0.507. The first-order valence-corrected chi connectivity index (χ1v) is 6.89. The van der Waals surface area contributed by atoms with E-state index in [1.165, 1.54) is 0 Å². The van der Waals surface area contributed by atoms with Gasteiger partial charge in [-0.3, -0.25) is 9.59 Å². The van der Waals surface area contributed by atoms with Crippen LogP contribution in [0.3, 0.4) is 0 Å². The third-order valence-electron chi connectivity index (χ3n) is 3.37. The minimum atomic E-state index is -0.616. The molecule has 6 nitrogen and oxygen atoms in total. The number of likely N-dealkylation sites (tertiary alicyclic amines) is 1. The number of hydrogen-bond donors (Lipinski definition) is 0. The highest BCUT2D eigenvalue weighted by molar-refractivity contribution is 9.10. The zero-order valence-electron chi connectivity index (χ0n) is 10.4. The predicted octanol–water partition coefficient (Wildman–Crippen LogP) is 1.25. The van der Waals surface area contributed by atoms with Crippen LogP contribution < -0.4 is 0 Å². The summed E-state index contributed by atoms with van der Waals surface area (Å²) in [5.74, 6) is -0.447. The molecule has 0 atom stereocenters. The second-order valence-electron chi connectivity index (χ2n) is 4.69. The first-order chi connectivity index (χ1) is 9.56. The van der Waals surface area contributed by atoms with Crippen molar-refractivity contribution in [2.45, 2.75) is 6.04 Å².